The van der Waals surface area contributed by atoms with E-state index in [4.69, 9.17) is 13.6 Å². The molecule has 0 aliphatic carbocycles. The van der Waals surface area contributed by atoms with Gasteiger partial charge in [-0.2, -0.15) is 0 Å². The van der Waals surface area contributed by atoms with E-state index in [0.29, 0.717) is 23.4 Å². The molecule has 4 rings (SSSR count). The lowest BCUT2D eigenvalue weighted by molar-refractivity contribution is 0.352. The average Bonchev–Trinajstić information content (AvgIpc) is 2.76. The minimum Gasteiger partial charge on any atom is -0.271 e. The fourth-order valence-corrected chi connectivity index (χ4v) is 5.18. The summed E-state index contributed by atoms with van der Waals surface area (Å²) in [7, 11) is -2.88. The molecule has 0 bridgehead atoms. The van der Waals surface area contributed by atoms with Crippen molar-refractivity contribution >= 4 is 7.94 Å². The van der Waals surface area contributed by atoms with Gasteiger partial charge in [-0.25, -0.2) is 0 Å². The topological polar surface area (TPSA) is 27.7 Å². The molecule has 0 heterocycles. The highest BCUT2D eigenvalue weighted by Gasteiger charge is 2.50. The second-order valence-electron chi connectivity index (χ2n) is 6.47. The molecule has 144 valence electrons. The van der Waals surface area contributed by atoms with E-state index in [-0.39, 0.29) is 0 Å². The molecule has 0 unspecified atom stereocenters. The van der Waals surface area contributed by atoms with Crippen LogP contribution in [-0.2, 0) is 6.16 Å². The first-order valence-electron chi connectivity index (χ1n) is 9.47. The van der Waals surface area contributed by atoms with E-state index in [0.717, 1.165) is 5.56 Å². The summed E-state index contributed by atoms with van der Waals surface area (Å²) in [5.41, 5.74) is 1.09. The van der Waals surface area contributed by atoms with Crippen molar-refractivity contribution in [3.8, 4) is 17.2 Å². The Morgan fingerprint density at radius 2 is 0.724 bits per heavy atom. The highest BCUT2D eigenvalue weighted by molar-refractivity contribution is 7.62. The fourth-order valence-electron chi connectivity index (χ4n) is 2.89. The van der Waals surface area contributed by atoms with Gasteiger partial charge in [-0.3, -0.25) is 13.6 Å². The van der Waals surface area contributed by atoms with Gasteiger partial charge in [0.2, 0.25) is 0 Å². The maximum absolute atomic E-state index is 6.48. The third kappa shape index (κ3) is 5.37. The molecule has 3 nitrogen and oxygen atoms in total. The largest absolute Gasteiger partial charge is 0.546 e. The van der Waals surface area contributed by atoms with Gasteiger partial charge in [0.25, 0.3) is 0 Å². The van der Waals surface area contributed by atoms with Crippen molar-refractivity contribution in [1.29, 1.82) is 0 Å². The normalized spacial score (nSPS) is 10.9. The molecule has 4 aromatic carbocycles. The van der Waals surface area contributed by atoms with Gasteiger partial charge in [-0.15, -0.1) is 0 Å². The van der Waals surface area contributed by atoms with Crippen LogP contribution in [0.1, 0.15) is 5.56 Å². The van der Waals surface area contributed by atoms with Crippen LogP contribution in [-0.4, -0.2) is 0 Å². The Balaban J connectivity index is 1.75. The molecular formula is C25H22O3P+. The van der Waals surface area contributed by atoms with Crippen molar-refractivity contribution in [3.63, 3.8) is 0 Å². The van der Waals surface area contributed by atoms with Crippen molar-refractivity contribution in [2.24, 2.45) is 0 Å². The van der Waals surface area contributed by atoms with Crippen molar-refractivity contribution < 1.29 is 13.6 Å². The number of rotatable bonds is 8. The monoisotopic (exact) mass is 401 g/mol. The van der Waals surface area contributed by atoms with E-state index in [9.17, 15) is 0 Å². The molecule has 4 heteroatoms. The summed E-state index contributed by atoms with van der Waals surface area (Å²) >= 11 is 0. The van der Waals surface area contributed by atoms with Crippen LogP contribution < -0.4 is 13.6 Å². The fraction of sp³-hybridized carbons (Fsp3) is 0.0400. The van der Waals surface area contributed by atoms with Crippen LogP contribution >= 0.6 is 7.94 Å². The predicted octanol–water partition coefficient (Wildman–Crippen LogP) is 7.19. The first kappa shape index (κ1) is 19.0. The molecule has 0 amide bonds. The van der Waals surface area contributed by atoms with Crippen LogP contribution in [0.2, 0.25) is 0 Å². The van der Waals surface area contributed by atoms with E-state index in [1.165, 1.54) is 0 Å². The van der Waals surface area contributed by atoms with Crippen molar-refractivity contribution in [2.45, 2.75) is 6.16 Å². The van der Waals surface area contributed by atoms with Crippen LogP contribution in [0.5, 0.6) is 17.2 Å². The number of para-hydroxylation sites is 3. The zero-order chi connectivity index (χ0) is 19.8. The molecule has 4 aromatic rings. The minimum absolute atomic E-state index is 0.506. The van der Waals surface area contributed by atoms with E-state index in [1.54, 1.807) is 0 Å². The van der Waals surface area contributed by atoms with E-state index in [1.807, 2.05) is 109 Å². The van der Waals surface area contributed by atoms with Gasteiger partial charge in [-0.05, 0) is 42.0 Å². The Hall–Kier alpha value is -3.29. The van der Waals surface area contributed by atoms with Crippen molar-refractivity contribution in [3.05, 3.63) is 127 Å². The molecule has 0 atom stereocenters. The van der Waals surface area contributed by atoms with Crippen LogP contribution in [0.3, 0.4) is 0 Å². The summed E-state index contributed by atoms with van der Waals surface area (Å²) in [6.45, 7) is 0. The molecule has 0 radical (unpaired) electrons. The SMILES string of the molecule is c1ccc(C[P+](Oc2ccccc2)(Oc2ccccc2)Oc2ccccc2)cc1. The van der Waals surface area contributed by atoms with Gasteiger partial charge in [0.15, 0.2) is 23.4 Å². The first-order valence-corrected chi connectivity index (χ1v) is 11.2. The first-order chi connectivity index (χ1) is 14.3. The molecule has 29 heavy (non-hydrogen) atoms. The van der Waals surface area contributed by atoms with E-state index in [2.05, 4.69) is 12.1 Å². The van der Waals surface area contributed by atoms with Crippen LogP contribution in [0, 0.1) is 0 Å². The van der Waals surface area contributed by atoms with Crippen molar-refractivity contribution in [1.82, 2.24) is 0 Å². The molecular weight excluding hydrogens is 379 g/mol. The molecule has 0 saturated heterocycles. The Morgan fingerprint density at radius 3 is 1.07 bits per heavy atom. The van der Waals surface area contributed by atoms with Crippen molar-refractivity contribution in [2.75, 3.05) is 0 Å². The van der Waals surface area contributed by atoms with E-state index < -0.39 is 7.94 Å². The Kier molecular flexibility index (Phi) is 6.09. The summed E-state index contributed by atoms with van der Waals surface area (Å²) < 4.78 is 19.4. The minimum atomic E-state index is -2.88. The van der Waals surface area contributed by atoms with Gasteiger partial charge in [-0.1, -0.05) is 84.9 Å². The molecule has 0 fully saturated rings. The molecule has 0 aliphatic rings. The van der Waals surface area contributed by atoms with E-state index >= 15 is 0 Å². The second kappa shape index (κ2) is 9.27. The van der Waals surface area contributed by atoms with Gasteiger partial charge < -0.3 is 0 Å². The van der Waals surface area contributed by atoms with Crippen LogP contribution in [0.4, 0.5) is 0 Å². The zero-order valence-electron chi connectivity index (χ0n) is 15.9. The summed E-state index contributed by atoms with van der Waals surface area (Å²) in [4.78, 5) is 0. The third-order valence-electron chi connectivity index (χ3n) is 4.18. The quantitative estimate of drug-likeness (QED) is 0.293. The molecule has 0 aromatic heterocycles. The van der Waals surface area contributed by atoms with Crippen LogP contribution in [0.15, 0.2) is 121 Å². The molecule has 0 aliphatic heterocycles. The standard InChI is InChI=1S/C25H22O3P/c1-5-13-22(14-6-1)21-29(26-23-15-7-2-8-16-23,27-24-17-9-3-10-18-24)28-25-19-11-4-12-20-25/h1-20H,21H2/q+1. The Labute approximate surface area is 172 Å². The Morgan fingerprint density at radius 1 is 0.414 bits per heavy atom. The van der Waals surface area contributed by atoms with Crippen LogP contribution in [0.25, 0.3) is 0 Å². The Bertz CT molecular complexity index is 822. The number of benzene rings is 4. The lowest BCUT2D eigenvalue weighted by Crippen LogP contribution is -2.17. The highest BCUT2D eigenvalue weighted by atomic mass is 31.2. The summed E-state index contributed by atoms with van der Waals surface area (Å²) in [5.74, 6) is 2.14. The predicted molar refractivity (Wildman–Crippen MR) is 118 cm³/mol. The lowest BCUT2D eigenvalue weighted by atomic mass is 10.2. The maximum Gasteiger partial charge on any atom is 0.546 e. The van der Waals surface area contributed by atoms with Gasteiger partial charge in [0, 0.05) is 0 Å². The maximum atomic E-state index is 6.48. The smallest absolute Gasteiger partial charge is 0.271 e. The lowest BCUT2D eigenvalue weighted by Gasteiger charge is -2.23. The molecule has 0 N–H and O–H groups in total. The third-order valence-corrected chi connectivity index (χ3v) is 6.40. The number of hydrogen-bond acceptors (Lipinski definition) is 3. The summed E-state index contributed by atoms with van der Waals surface area (Å²) in [6, 6.07) is 39.2. The van der Waals surface area contributed by atoms with Gasteiger partial charge in [0.1, 0.15) is 0 Å². The van der Waals surface area contributed by atoms with Gasteiger partial charge >= 0.3 is 7.94 Å². The highest BCUT2D eigenvalue weighted by Crippen LogP contribution is 2.62. The van der Waals surface area contributed by atoms with Gasteiger partial charge in [0.05, 0.1) is 0 Å². The molecule has 0 saturated carbocycles. The zero-order valence-corrected chi connectivity index (χ0v) is 16.8. The summed E-state index contributed by atoms with van der Waals surface area (Å²) in [5, 5.41) is 0. The summed E-state index contributed by atoms with van der Waals surface area (Å²) in [6.07, 6.45) is 0.506. The average molecular weight is 401 g/mol. The molecule has 0 spiro atoms. The number of hydrogen-bond donors (Lipinski definition) is 0. The second-order valence-corrected chi connectivity index (χ2v) is 8.55.